The number of hydrogen-bond acceptors (Lipinski definition) is 2. The standard InChI is InChI=1S/C16H11FN2OS/c17-13-9-5-4-6-11(13)10-14-15(20)19(16(21)18-14)12-7-2-1-3-8-12/h1-10H,(H,18,21)/b14-10-. The van der Waals surface area contributed by atoms with Crippen LogP contribution in [0, 0.1) is 5.82 Å². The van der Waals surface area contributed by atoms with E-state index in [0.717, 1.165) is 0 Å². The van der Waals surface area contributed by atoms with Crippen molar-refractivity contribution in [1.82, 2.24) is 5.32 Å². The van der Waals surface area contributed by atoms with Gasteiger partial charge in [-0.15, -0.1) is 0 Å². The van der Waals surface area contributed by atoms with Gasteiger partial charge < -0.3 is 5.32 Å². The van der Waals surface area contributed by atoms with E-state index in [9.17, 15) is 9.18 Å². The Balaban J connectivity index is 1.96. The molecule has 3 nitrogen and oxygen atoms in total. The molecule has 1 aliphatic heterocycles. The summed E-state index contributed by atoms with van der Waals surface area (Å²) in [5.41, 5.74) is 1.27. The molecule has 1 fully saturated rings. The van der Waals surface area contributed by atoms with Crippen LogP contribution < -0.4 is 10.2 Å². The molecule has 0 spiro atoms. The second-order valence-electron chi connectivity index (χ2n) is 4.49. The third-order valence-electron chi connectivity index (χ3n) is 3.10. The molecule has 0 aliphatic carbocycles. The first-order chi connectivity index (χ1) is 10.2. The Bertz CT molecular complexity index is 743. The van der Waals surface area contributed by atoms with Crippen molar-refractivity contribution < 1.29 is 9.18 Å². The zero-order valence-corrected chi connectivity index (χ0v) is 11.7. The summed E-state index contributed by atoms with van der Waals surface area (Å²) in [6.45, 7) is 0. The number of nitrogens with one attached hydrogen (secondary N) is 1. The maximum atomic E-state index is 13.7. The van der Waals surface area contributed by atoms with E-state index < -0.39 is 0 Å². The van der Waals surface area contributed by atoms with Gasteiger partial charge in [0, 0.05) is 5.56 Å². The van der Waals surface area contributed by atoms with Gasteiger partial charge in [-0.25, -0.2) is 4.39 Å². The Labute approximate surface area is 126 Å². The fourth-order valence-electron chi connectivity index (χ4n) is 2.09. The molecule has 0 aromatic heterocycles. The zero-order chi connectivity index (χ0) is 14.8. The molecule has 0 atom stereocenters. The molecule has 1 aliphatic rings. The van der Waals surface area contributed by atoms with E-state index in [4.69, 9.17) is 12.2 Å². The van der Waals surface area contributed by atoms with Gasteiger partial charge in [0.25, 0.3) is 5.91 Å². The SMILES string of the molecule is O=C1/C(=C/c2ccccc2F)NC(=S)N1c1ccccc1. The molecular weight excluding hydrogens is 287 g/mol. The second-order valence-corrected chi connectivity index (χ2v) is 4.87. The van der Waals surface area contributed by atoms with Crippen molar-refractivity contribution in [3.05, 3.63) is 71.7 Å². The van der Waals surface area contributed by atoms with Crippen LogP contribution in [-0.2, 0) is 4.79 Å². The first kappa shape index (κ1) is 13.5. The van der Waals surface area contributed by atoms with Crippen LogP contribution in [0.1, 0.15) is 5.56 Å². The minimum atomic E-state index is -0.385. The molecular formula is C16H11FN2OS. The van der Waals surface area contributed by atoms with Crippen molar-refractivity contribution in [3.63, 3.8) is 0 Å². The molecule has 0 unspecified atom stereocenters. The summed E-state index contributed by atoms with van der Waals surface area (Å²) in [4.78, 5) is 13.8. The Morgan fingerprint density at radius 2 is 1.71 bits per heavy atom. The molecule has 0 saturated carbocycles. The van der Waals surface area contributed by atoms with Crippen LogP contribution >= 0.6 is 12.2 Å². The molecule has 1 heterocycles. The summed E-state index contributed by atoms with van der Waals surface area (Å²) < 4.78 is 13.7. The second kappa shape index (κ2) is 5.46. The van der Waals surface area contributed by atoms with E-state index in [1.165, 1.54) is 17.0 Å². The third kappa shape index (κ3) is 2.55. The lowest BCUT2D eigenvalue weighted by molar-refractivity contribution is -0.113. The molecule has 2 aromatic rings. The van der Waals surface area contributed by atoms with Crippen LogP contribution in [0.3, 0.4) is 0 Å². The molecule has 104 valence electrons. The van der Waals surface area contributed by atoms with Gasteiger partial charge in [0.2, 0.25) is 0 Å². The number of carbonyl (C=O) groups is 1. The molecule has 0 radical (unpaired) electrons. The average Bonchev–Trinajstić information content (AvgIpc) is 2.77. The maximum Gasteiger partial charge on any atom is 0.281 e. The molecule has 3 rings (SSSR count). The molecule has 1 N–H and O–H groups in total. The Morgan fingerprint density at radius 3 is 2.43 bits per heavy atom. The number of anilines is 1. The van der Waals surface area contributed by atoms with E-state index in [0.29, 0.717) is 11.3 Å². The summed E-state index contributed by atoms with van der Waals surface area (Å²) in [7, 11) is 0. The lowest BCUT2D eigenvalue weighted by atomic mass is 10.2. The number of para-hydroxylation sites is 1. The quantitative estimate of drug-likeness (QED) is 0.683. The highest BCUT2D eigenvalue weighted by Crippen LogP contribution is 2.22. The monoisotopic (exact) mass is 298 g/mol. The van der Waals surface area contributed by atoms with Crippen molar-refractivity contribution in [1.29, 1.82) is 0 Å². The first-order valence-electron chi connectivity index (χ1n) is 6.33. The highest BCUT2D eigenvalue weighted by molar-refractivity contribution is 7.80. The number of hydrogen-bond donors (Lipinski definition) is 1. The lowest BCUT2D eigenvalue weighted by Crippen LogP contribution is -2.30. The smallest absolute Gasteiger partial charge is 0.281 e. The van der Waals surface area contributed by atoms with Gasteiger partial charge in [-0.05, 0) is 36.5 Å². The summed E-state index contributed by atoms with van der Waals surface area (Å²) in [6, 6.07) is 15.3. The predicted octanol–water partition coefficient (Wildman–Crippen LogP) is 3.09. The van der Waals surface area contributed by atoms with Crippen molar-refractivity contribution >= 4 is 35.0 Å². The van der Waals surface area contributed by atoms with E-state index in [-0.39, 0.29) is 22.5 Å². The largest absolute Gasteiger partial charge is 0.327 e. The third-order valence-corrected chi connectivity index (χ3v) is 3.38. The van der Waals surface area contributed by atoms with Gasteiger partial charge in [0.15, 0.2) is 5.11 Å². The van der Waals surface area contributed by atoms with Gasteiger partial charge in [0.1, 0.15) is 11.5 Å². The number of carbonyl (C=O) groups excluding carboxylic acids is 1. The number of halogens is 1. The lowest BCUT2D eigenvalue weighted by Gasteiger charge is -2.13. The van der Waals surface area contributed by atoms with Gasteiger partial charge in [-0.3, -0.25) is 9.69 Å². The van der Waals surface area contributed by atoms with Crippen LogP contribution in [0.15, 0.2) is 60.3 Å². The Kier molecular flexibility index (Phi) is 3.50. The van der Waals surface area contributed by atoms with Crippen molar-refractivity contribution in [2.45, 2.75) is 0 Å². The number of rotatable bonds is 2. The molecule has 2 aromatic carbocycles. The molecule has 21 heavy (non-hydrogen) atoms. The van der Waals surface area contributed by atoms with E-state index in [1.54, 1.807) is 30.3 Å². The minimum absolute atomic E-state index is 0.258. The summed E-state index contributed by atoms with van der Waals surface area (Å²) in [6.07, 6.45) is 1.47. The van der Waals surface area contributed by atoms with Gasteiger partial charge >= 0.3 is 0 Å². The zero-order valence-electron chi connectivity index (χ0n) is 10.9. The fraction of sp³-hybridized carbons (Fsp3) is 0. The van der Waals surface area contributed by atoms with Crippen LogP contribution in [0.4, 0.5) is 10.1 Å². The topological polar surface area (TPSA) is 32.3 Å². The highest BCUT2D eigenvalue weighted by atomic mass is 32.1. The minimum Gasteiger partial charge on any atom is -0.327 e. The van der Waals surface area contributed by atoms with Gasteiger partial charge in [-0.1, -0.05) is 36.4 Å². The highest BCUT2D eigenvalue weighted by Gasteiger charge is 2.31. The van der Waals surface area contributed by atoms with E-state index in [1.807, 2.05) is 18.2 Å². The van der Waals surface area contributed by atoms with Gasteiger partial charge in [0.05, 0.1) is 5.69 Å². The normalized spacial score (nSPS) is 16.4. The van der Waals surface area contributed by atoms with Crippen LogP contribution in [-0.4, -0.2) is 11.0 Å². The Hall–Kier alpha value is -2.53. The van der Waals surface area contributed by atoms with E-state index >= 15 is 0 Å². The van der Waals surface area contributed by atoms with Crippen molar-refractivity contribution in [2.75, 3.05) is 4.90 Å². The predicted molar refractivity (Wildman–Crippen MR) is 84.0 cm³/mol. The molecule has 1 amide bonds. The van der Waals surface area contributed by atoms with Gasteiger partial charge in [-0.2, -0.15) is 0 Å². The number of amides is 1. The molecule has 5 heteroatoms. The first-order valence-corrected chi connectivity index (χ1v) is 6.74. The Morgan fingerprint density at radius 1 is 1.05 bits per heavy atom. The number of thiocarbonyl (C=S) groups is 1. The average molecular weight is 298 g/mol. The van der Waals surface area contributed by atoms with E-state index in [2.05, 4.69) is 5.32 Å². The summed E-state index contributed by atoms with van der Waals surface area (Å²) in [5.74, 6) is -0.682. The fourth-order valence-corrected chi connectivity index (χ4v) is 2.39. The van der Waals surface area contributed by atoms with Crippen molar-refractivity contribution in [2.24, 2.45) is 0 Å². The van der Waals surface area contributed by atoms with Crippen LogP contribution in [0.2, 0.25) is 0 Å². The number of nitrogens with zero attached hydrogens (tertiary/aromatic N) is 1. The maximum absolute atomic E-state index is 13.7. The number of benzene rings is 2. The molecule has 0 bridgehead atoms. The summed E-state index contributed by atoms with van der Waals surface area (Å²) in [5, 5.41) is 3.12. The van der Waals surface area contributed by atoms with Crippen LogP contribution in [0.25, 0.3) is 6.08 Å². The van der Waals surface area contributed by atoms with Crippen LogP contribution in [0.5, 0.6) is 0 Å². The molecule has 1 saturated heterocycles. The van der Waals surface area contributed by atoms with Crippen molar-refractivity contribution in [3.8, 4) is 0 Å². The summed E-state index contributed by atoms with van der Waals surface area (Å²) >= 11 is 5.19.